The first-order chi connectivity index (χ1) is 20.3. The molecule has 11 nitrogen and oxygen atoms in total. The van der Waals surface area contributed by atoms with E-state index < -0.39 is 27.7 Å². The molecule has 0 spiro atoms. The molecule has 0 saturated carbocycles. The van der Waals surface area contributed by atoms with Gasteiger partial charge in [0.25, 0.3) is 5.91 Å². The molecule has 0 aliphatic carbocycles. The van der Waals surface area contributed by atoms with Gasteiger partial charge in [0.15, 0.2) is 11.5 Å². The average molecular weight is 615 g/mol. The highest BCUT2D eigenvalue weighted by atomic mass is 32.2. The molecule has 0 atom stereocenters. The summed E-state index contributed by atoms with van der Waals surface area (Å²) in [5, 5.41) is 7.03. The maximum atomic E-state index is 13.6. The first-order valence-corrected chi connectivity index (χ1v) is 16.3. The number of nitrogens with one attached hydrogen (secondary N) is 2. The van der Waals surface area contributed by atoms with E-state index in [0.29, 0.717) is 28.9 Å². The predicted octanol–water partition coefficient (Wildman–Crippen LogP) is 4.50. The number of amides is 1. The van der Waals surface area contributed by atoms with Crippen molar-refractivity contribution in [2.24, 2.45) is 0 Å². The van der Waals surface area contributed by atoms with Gasteiger partial charge in [0, 0.05) is 29.6 Å². The molecule has 0 saturated heterocycles. The number of hydrogen-bond donors (Lipinski definition) is 2. The fourth-order valence-electron chi connectivity index (χ4n) is 5.25. The Hall–Kier alpha value is -3.61. The van der Waals surface area contributed by atoms with Gasteiger partial charge in [0.2, 0.25) is 0 Å². The fourth-order valence-corrected chi connectivity index (χ4v) is 5.74. The van der Waals surface area contributed by atoms with Gasteiger partial charge in [-0.25, -0.2) is 9.36 Å². The second kappa shape index (κ2) is 12.9. The van der Waals surface area contributed by atoms with Crippen molar-refractivity contribution >= 4 is 33.0 Å². The van der Waals surface area contributed by atoms with Crippen LogP contribution in [-0.4, -0.2) is 75.0 Å². The van der Waals surface area contributed by atoms with Gasteiger partial charge in [0.1, 0.15) is 5.60 Å². The zero-order valence-corrected chi connectivity index (χ0v) is 26.8. The van der Waals surface area contributed by atoms with Crippen LogP contribution in [-0.2, 0) is 27.9 Å². The van der Waals surface area contributed by atoms with E-state index in [1.54, 1.807) is 20.8 Å². The highest BCUT2D eigenvalue weighted by molar-refractivity contribution is 7.86. The first-order valence-electron chi connectivity index (χ1n) is 14.5. The molecule has 1 aliphatic rings. The smallest absolute Gasteiger partial charge is 0.419 e. The van der Waals surface area contributed by atoms with Crippen LogP contribution >= 0.6 is 0 Å². The van der Waals surface area contributed by atoms with Gasteiger partial charge < -0.3 is 29.2 Å². The topological polar surface area (TPSA) is 128 Å². The van der Waals surface area contributed by atoms with E-state index in [1.807, 2.05) is 24.3 Å². The number of hydrogen-bond acceptors (Lipinski definition) is 9. The molecule has 0 radical (unpaired) electrons. The number of nitrogens with zero attached hydrogens (tertiary/aromatic N) is 2. The third-order valence-corrected chi connectivity index (χ3v) is 7.69. The van der Waals surface area contributed by atoms with E-state index >= 15 is 0 Å². The van der Waals surface area contributed by atoms with Crippen LogP contribution in [0.4, 0.5) is 4.79 Å². The van der Waals surface area contributed by atoms with Crippen molar-refractivity contribution in [2.45, 2.75) is 59.7 Å². The molecule has 0 fully saturated rings. The number of fused-ring (bicyclic) bond motifs is 2. The standard InChI is InChI=1S/C31H42N4O7S/c1-8-34(9-2)14-10-13-32-18-20-11-12-24-21(15-20)16-25(35(24)30(37)41-31(3,4)5)22-17-26(40-6)28(42-43(7,38)39)23-19-33-29(36)27(22)23/h11-12,15-17,32H,8-10,13-14,18-19H2,1-7H3,(H,33,36). The molecule has 0 bridgehead atoms. The summed E-state index contributed by atoms with van der Waals surface area (Å²) in [5.41, 5.74) is 2.22. The number of carbonyl (C=O) groups is 2. The van der Waals surface area contributed by atoms with Gasteiger partial charge in [-0.15, -0.1) is 0 Å². The third-order valence-electron chi connectivity index (χ3n) is 7.22. The molecule has 43 heavy (non-hydrogen) atoms. The van der Waals surface area contributed by atoms with Crippen molar-refractivity contribution in [1.29, 1.82) is 0 Å². The highest BCUT2D eigenvalue weighted by Gasteiger charge is 2.34. The number of rotatable bonds is 12. The van der Waals surface area contributed by atoms with Gasteiger partial charge >= 0.3 is 16.2 Å². The summed E-state index contributed by atoms with van der Waals surface area (Å²) in [6, 6.07) is 9.20. The molecule has 2 aromatic carbocycles. The predicted molar refractivity (Wildman–Crippen MR) is 166 cm³/mol. The maximum Gasteiger partial charge on any atom is 0.419 e. The Kier molecular flexibility index (Phi) is 9.73. The Balaban J connectivity index is 1.79. The van der Waals surface area contributed by atoms with Crippen LogP contribution in [0, 0.1) is 0 Å². The molecule has 1 amide bonds. The third kappa shape index (κ3) is 7.49. The molecule has 12 heteroatoms. The van der Waals surface area contributed by atoms with Crippen molar-refractivity contribution in [3.8, 4) is 22.8 Å². The molecule has 1 aliphatic heterocycles. The molecule has 0 unspecified atom stereocenters. The molecule has 3 aromatic rings. The minimum atomic E-state index is -3.92. The zero-order valence-electron chi connectivity index (χ0n) is 26.0. The fraction of sp³-hybridized carbons (Fsp3) is 0.484. The lowest BCUT2D eigenvalue weighted by atomic mass is 9.98. The van der Waals surface area contributed by atoms with E-state index in [-0.39, 0.29) is 23.6 Å². The van der Waals surface area contributed by atoms with Gasteiger partial charge in [-0.05, 0) is 83.2 Å². The van der Waals surface area contributed by atoms with Crippen LogP contribution in [0.1, 0.15) is 62.5 Å². The minimum absolute atomic E-state index is 0.0416. The monoisotopic (exact) mass is 614 g/mol. The Labute approximate surface area is 253 Å². The lowest BCUT2D eigenvalue weighted by Crippen LogP contribution is -2.27. The quantitative estimate of drug-likeness (QED) is 0.224. The van der Waals surface area contributed by atoms with E-state index in [2.05, 4.69) is 29.4 Å². The molecule has 4 rings (SSSR count). The molecule has 2 heterocycles. The number of carbonyl (C=O) groups excluding carboxylic acids is 2. The zero-order chi connectivity index (χ0) is 31.5. The van der Waals surface area contributed by atoms with E-state index in [4.69, 9.17) is 13.7 Å². The minimum Gasteiger partial charge on any atom is -0.493 e. The van der Waals surface area contributed by atoms with Gasteiger partial charge in [-0.3, -0.25) is 4.79 Å². The normalized spacial score (nSPS) is 13.3. The Morgan fingerprint density at radius 3 is 2.49 bits per heavy atom. The number of aromatic nitrogens is 1. The summed E-state index contributed by atoms with van der Waals surface area (Å²) in [6.07, 6.45) is 1.36. The van der Waals surface area contributed by atoms with Gasteiger partial charge in [-0.2, -0.15) is 8.42 Å². The van der Waals surface area contributed by atoms with Crippen LogP contribution in [0.15, 0.2) is 30.3 Å². The maximum absolute atomic E-state index is 13.6. The highest BCUT2D eigenvalue weighted by Crippen LogP contribution is 2.44. The Bertz CT molecular complexity index is 1620. The summed E-state index contributed by atoms with van der Waals surface area (Å²) in [4.78, 5) is 29.1. The summed E-state index contributed by atoms with van der Waals surface area (Å²) >= 11 is 0. The average Bonchev–Trinajstić information content (AvgIpc) is 3.50. The first kappa shape index (κ1) is 32.3. The van der Waals surface area contributed by atoms with Crippen molar-refractivity contribution < 1.29 is 31.7 Å². The number of methoxy groups -OCH3 is 1. The van der Waals surface area contributed by atoms with Crippen molar-refractivity contribution in [3.05, 3.63) is 47.0 Å². The summed E-state index contributed by atoms with van der Waals surface area (Å²) < 4.78 is 42.1. The van der Waals surface area contributed by atoms with Crippen LogP contribution in [0.5, 0.6) is 11.5 Å². The summed E-state index contributed by atoms with van der Waals surface area (Å²) in [5.74, 6) is -0.357. The Morgan fingerprint density at radius 1 is 1.14 bits per heavy atom. The largest absolute Gasteiger partial charge is 0.493 e. The second-order valence-corrected chi connectivity index (χ2v) is 13.1. The van der Waals surface area contributed by atoms with Crippen LogP contribution in [0.2, 0.25) is 0 Å². The van der Waals surface area contributed by atoms with E-state index in [0.717, 1.165) is 49.8 Å². The second-order valence-electron chi connectivity index (χ2n) is 11.6. The van der Waals surface area contributed by atoms with Gasteiger partial charge in [-0.1, -0.05) is 19.9 Å². The summed E-state index contributed by atoms with van der Waals surface area (Å²) in [7, 11) is -2.53. The molecule has 1 aromatic heterocycles. The Morgan fingerprint density at radius 2 is 1.86 bits per heavy atom. The molecule has 2 N–H and O–H groups in total. The molecule has 234 valence electrons. The van der Waals surface area contributed by atoms with E-state index in [9.17, 15) is 18.0 Å². The molecular formula is C31H42N4O7S. The van der Waals surface area contributed by atoms with Gasteiger partial charge in [0.05, 0.1) is 30.1 Å². The van der Waals surface area contributed by atoms with Crippen LogP contribution in [0.25, 0.3) is 22.2 Å². The van der Waals surface area contributed by atoms with Crippen LogP contribution in [0.3, 0.4) is 0 Å². The van der Waals surface area contributed by atoms with Crippen molar-refractivity contribution in [2.75, 3.05) is 39.5 Å². The molecular weight excluding hydrogens is 572 g/mol. The van der Waals surface area contributed by atoms with Crippen molar-refractivity contribution in [1.82, 2.24) is 20.1 Å². The number of benzene rings is 2. The number of ether oxygens (including phenoxy) is 2. The van der Waals surface area contributed by atoms with Crippen LogP contribution < -0.4 is 19.6 Å². The van der Waals surface area contributed by atoms with E-state index in [1.165, 1.54) is 17.7 Å². The SMILES string of the molecule is CCN(CC)CCCNCc1ccc2c(c1)cc(-c1cc(OC)c(OS(C)(=O)=O)c3c1C(=O)NC3)n2C(=O)OC(C)(C)C. The van der Waals surface area contributed by atoms with Crippen molar-refractivity contribution in [3.63, 3.8) is 0 Å². The lowest BCUT2D eigenvalue weighted by molar-refractivity contribution is 0.0546. The lowest BCUT2D eigenvalue weighted by Gasteiger charge is -2.22. The summed E-state index contributed by atoms with van der Waals surface area (Å²) in [6.45, 7) is 14.4.